The Labute approximate surface area is 168 Å². The first-order chi connectivity index (χ1) is 13.0. The Hall–Kier alpha value is -2.64. The second-order valence-electron chi connectivity index (χ2n) is 5.97. The molecular formula is C20H14BrN3O2S. The molecule has 7 heteroatoms. The quantitative estimate of drug-likeness (QED) is 0.620. The fraction of sp³-hybridized carbons (Fsp3) is 0.0500. The van der Waals surface area contributed by atoms with E-state index in [1.807, 2.05) is 24.3 Å². The van der Waals surface area contributed by atoms with Crippen LogP contribution >= 0.6 is 27.7 Å². The van der Waals surface area contributed by atoms with Crippen molar-refractivity contribution < 1.29 is 9.59 Å². The van der Waals surface area contributed by atoms with Gasteiger partial charge in [-0.1, -0.05) is 27.7 Å². The minimum Gasteiger partial charge on any atom is -0.322 e. The number of carbonyl (C=O) groups is 2. The normalized spacial score (nSPS) is 12.8. The molecule has 0 unspecified atom stereocenters. The standard InChI is InChI=1S/C20H14BrN3O2S/c1-24-16-9-8-14(23-18(25)12-4-6-13(21)7-5-12)11-17(16)27-19-15(20(24)26)3-2-10-22-19/h2-11H,1H3,(H,23,25). The third-order valence-corrected chi connectivity index (χ3v) is 5.79. The van der Waals surface area contributed by atoms with Crippen molar-refractivity contribution in [2.45, 2.75) is 9.92 Å². The molecule has 0 atom stereocenters. The molecule has 2 amide bonds. The number of fused-ring (bicyclic) bond motifs is 2. The Kier molecular flexibility index (Phi) is 4.72. The molecule has 0 saturated carbocycles. The second-order valence-corrected chi connectivity index (χ2v) is 7.91. The highest BCUT2D eigenvalue weighted by molar-refractivity contribution is 9.10. The molecule has 1 N–H and O–H groups in total. The number of benzene rings is 2. The number of nitrogens with zero attached hydrogens (tertiary/aromatic N) is 2. The fourth-order valence-corrected chi connectivity index (χ4v) is 4.13. The van der Waals surface area contributed by atoms with Gasteiger partial charge in [0.15, 0.2) is 0 Å². The molecule has 0 saturated heterocycles. The number of hydrogen-bond acceptors (Lipinski definition) is 4. The minimum absolute atomic E-state index is 0.101. The molecule has 0 aliphatic carbocycles. The molecule has 5 nitrogen and oxygen atoms in total. The number of aromatic nitrogens is 1. The first kappa shape index (κ1) is 17.8. The molecule has 3 aromatic rings. The molecule has 0 bridgehead atoms. The van der Waals surface area contributed by atoms with Gasteiger partial charge in [0.25, 0.3) is 11.8 Å². The zero-order chi connectivity index (χ0) is 19.0. The van der Waals surface area contributed by atoms with Crippen LogP contribution in [0.4, 0.5) is 11.4 Å². The van der Waals surface area contributed by atoms with Crippen LogP contribution < -0.4 is 10.2 Å². The lowest BCUT2D eigenvalue weighted by molar-refractivity contribution is 0.0987. The molecule has 2 heterocycles. The van der Waals surface area contributed by atoms with E-state index in [9.17, 15) is 9.59 Å². The first-order valence-electron chi connectivity index (χ1n) is 8.15. The molecule has 1 aromatic heterocycles. The van der Waals surface area contributed by atoms with Crippen LogP contribution in [0, 0.1) is 0 Å². The summed E-state index contributed by atoms with van der Waals surface area (Å²) in [6, 6.07) is 16.2. The number of halogens is 1. The van der Waals surface area contributed by atoms with Gasteiger partial charge >= 0.3 is 0 Å². The Morgan fingerprint density at radius 2 is 1.93 bits per heavy atom. The zero-order valence-corrected chi connectivity index (χ0v) is 16.7. The van der Waals surface area contributed by atoms with Crippen molar-refractivity contribution in [2.75, 3.05) is 17.3 Å². The smallest absolute Gasteiger partial charge is 0.260 e. The number of rotatable bonds is 2. The lowest BCUT2D eigenvalue weighted by Crippen LogP contribution is -2.26. The molecule has 4 rings (SSSR count). The molecule has 0 radical (unpaired) electrons. The van der Waals surface area contributed by atoms with E-state index < -0.39 is 0 Å². The number of amides is 2. The van der Waals surface area contributed by atoms with Gasteiger partial charge in [0, 0.05) is 33.9 Å². The van der Waals surface area contributed by atoms with Gasteiger partial charge in [0.05, 0.1) is 11.3 Å². The van der Waals surface area contributed by atoms with Crippen molar-refractivity contribution >= 4 is 50.9 Å². The third-order valence-electron chi connectivity index (χ3n) is 4.20. The van der Waals surface area contributed by atoms with Crippen molar-refractivity contribution in [1.82, 2.24) is 4.98 Å². The molecule has 1 aliphatic heterocycles. The molecule has 2 aromatic carbocycles. The van der Waals surface area contributed by atoms with E-state index in [1.54, 1.807) is 48.5 Å². The van der Waals surface area contributed by atoms with Crippen molar-refractivity contribution in [2.24, 2.45) is 0 Å². The van der Waals surface area contributed by atoms with E-state index in [0.717, 1.165) is 15.1 Å². The van der Waals surface area contributed by atoms with Gasteiger partial charge in [-0.05, 0) is 54.6 Å². The SMILES string of the molecule is CN1C(=O)c2cccnc2Sc2cc(NC(=O)c3ccc(Br)cc3)ccc21. The maximum Gasteiger partial charge on any atom is 0.260 e. The summed E-state index contributed by atoms with van der Waals surface area (Å²) < 4.78 is 0.916. The summed E-state index contributed by atoms with van der Waals surface area (Å²) in [5, 5.41) is 3.56. The average Bonchev–Trinajstić information content (AvgIpc) is 2.77. The Balaban J connectivity index is 1.66. The molecule has 134 valence electrons. The van der Waals surface area contributed by atoms with Gasteiger partial charge in [0.2, 0.25) is 0 Å². The molecular weight excluding hydrogens is 426 g/mol. The Morgan fingerprint density at radius 3 is 2.70 bits per heavy atom. The van der Waals surface area contributed by atoms with Crippen molar-refractivity contribution in [3.63, 3.8) is 0 Å². The number of carbonyl (C=O) groups excluding carboxylic acids is 2. The largest absolute Gasteiger partial charge is 0.322 e. The molecule has 1 aliphatic rings. The molecule has 0 fully saturated rings. The lowest BCUT2D eigenvalue weighted by atomic mass is 10.2. The highest BCUT2D eigenvalue weighted by atomic mass is 79.9. The predicted molar refractivity (Wildman–Crippen MR) is 110 cm³/mol. The van der Waals surface area contributed by atoms with E-state index in [-0.39, 0.29) is 11.8 Å². The van der Waals surface area contributed by atoms with Crippen LogP contribution in [0.1, 0.15) is 20.7 Å². The summed E-state index contributed by atoms with van der Waals surface area (Å²) in [5.41, 5.74) is 2.58. The Bertz CT molecular complexity index is 1050. The topological polar surface area (TPSA) is 62.3 Å². The van der Waals surface area contributed by atoms with Gasteiger partial charge in [-0.25, -0.2) is 4.98 Å². The van der Waals surface area contributed by atoms with E-state index in [2.05, 4.69) is 26.2 Å². The average molecular weight is 440 g/mol. The van der Waals surface area contributed by atoms with Gasteiger partial charge in [-0.2, -0.15) is 0 Å². The number of pyridine rings is 1. The summed E-state index contributed by atoms with van der Waals surface area (Å²) in [6.07, 6.45) is 1.67. The highest BCUT2D eigenvalue weighted by Crippen LogP contribution is 2.41. The van der Waals surface area contributed by atoms with Crippen LogP contribution in [0.3, 0.4) is 0 Å². The summed E-state index contributed by atoms with van der Waals surface area (Å²) >= 11 is 4.78. The van der Waals surface area contributed by atoms with E-state index in [4.69, 9.17) is 0 Å². The van der Waals surface area contributed by atoms with Crippen molar-refractivity contribution in [3.05, 3.63) is 76.4 Å². The highest BCUT2D eigenvalue weighted by Gasteiger charge is 2.25. The van der Waals surface area contributed by atoms with Crippen LogP contribution in [0.2, 0.25) is 0 Å². The van der Waals surface area contributed by atoms with Gasteiger partial charge in [0.1, 0.15) is 5.03 Å². The summed E-state index contributed by atoms with van der Waals surface area (Å²) in [6.45, 7) is 0. The first-order valence-corrected chi connectivity index (χ1v) is 9.76. The second kappa shape index (κ2) is 7.17. The van der Waals surface area contributed by atoms with E-state index in [0.29, 0.717) is 21.8 Å². The zero-order valence-electron chi connectivity index (χ0n) is 14.3. The summed E-state index contributed by atoms with van der Waals surface area (Å²) in [5.74, 6) is -0.292. The number of hydrogen-bond donors (Lipinski definition) is 1. The fourth-order valence-electron chi connectivity index (χ4n) is 2.78. The number of nitrogens with one attached hydrogen (secondary N) is 1. The van der Waals surface area contributed by atoms with E-state index >= 15 is 0 Å². The predicted octanol–water partition coefficient (Wildman–Crippen LogP) is 4.84. The maximum atomic E-state index is 12.7. The van der Waals surface area contributed by atoms with Crippen molar-refractivity contribution in [1.29, 1.82) is 0 Å². The van der Waals surface area contributed by atoms with Crippen molar-refractivity contribution in [3.8, 4) is 0 Å². The molecule has 0 spiro atoms. The van der Waals surface area contributed by atoms with Gasteiger partial charge in [-0.3, -0.25) is 9.59 Å². The van der Waals surface area contributed by atoms with E-state index in [1.165, 1.54) is 11.8 Å². The van der Waals surface area contributed by atoms with Crippen LogP contribution in [0.5, 0.6) is 0 Å². The van der Waals surface area contributed by atoms with Crippen LogP contribution in [0.15, 0.2) is 75.2 Å². The van der Waals surface area contributed by atoms with Crippen LogP contribution in [0.25, 0.3) is 0 Å². The summed E-state index contributed by atoms with van der Waals surface area (Å²) in [4.78, 5) is 31.9. The monoisotopic (exact) mass is 439 g/mol. The Morgan fingerprint density at radius 1 is 1.15 bits per heavy atom. The molecule has 27 heavy (non-hydrogen) atoms. The van der Waals surface area contributed by atoms with Crippen LogP contribution in [-0.4, -0.2) is 23.8 Å². The minimum atomic E-state index is -0.191. The lowest BCUT2D eigenvalue weighted by Gasteiger charge is -2.18. The third kappa shape index (κ3) is 3.48. The van der Waals surface area contributed by atoms with Gasteiger partial charge in [-0.15, -0.1) is 0 Å². The van der Waals surface area contributed by atoms with Gasteiger partial charge < -0.3 is 10.2 Å². The number of anilines is 2. The van der Waals surface area contributed by atoms with Crippen LogP contribution in [-0.2, 0) is 0 Å². The summed E-state index contributed by atoms with van der Waals surface area (Å²) in [7, 11) is 1.74. The maximum absolute atomic E-state index is 12.7.